The second-order valence-electron chi connectivity index (χ2n) is 9.54. The molecule has 226 valence electrons. The van der Waals surface area contributed by atoms with Gasteiger partial charge < -0.3 is 19.1 Å². The Morgan fingerprint density at radius 3 is 2.60 bits per heavy atom. The van der Waals surface area contributed by atoms with Crippen molar-refractivity contribution in [2.75, 3.05) is 6.61 Å². The first-order valence-corrected chi connectivity index (χ1v) is 14.8. The number of nitrogens with one attached hydrogen (secondary N) is 2. The van der Waals surface area contributed by atoms with Crippen molar-refractivity contribution in [3.63, 3.8) is 0 Å². The summed E-state index contributed by atoms with van der Waals surface area (Å²) in [5, 5.41) is 13.4. The number of benzene rings is 2. The van der Waals surface area contributed by atoms with E-state index in [2.05, 4.69) is 5.09 Å². The largest absolute Gasteiger partial charge is 0.460 e. The van der Waals surface area contributed by atoms with Gasteiger partial charge in [0.2, 0.25) is 0 Å². The topological polar surface area (TPSA) is 158 Å². The van der Waals surface area contributed by atoms with Gasteiger partial charge in [0, 0.05) is 18.3 Å². The van der Waals surface area contributed by atoms with Gasteiger partial charge in [0.1, 0.15) is 30.6 Å². The van der Waals surface area contributed by atoms with E-state index in [1.165, 1.54) is 25.1 Å². The molecule has 0 spiro atoms. The van der Waals surface area contributed by atoms with Crippen LogP contribution in [0.2, 0.25) is 10.0 Å². The first-order valence-electron chi connectivity index (χ1n) is 12.5. The number of carbonyl (C=O) groups excluding carboxylic acids is 1. The van der Waals surface area contributed by atoms with Gasteiger partial charge >= 0.3 is 19.4 Å². The van der Waals surface area contributed by atoms with Crippen LogP contribution < -0.4 is 20.9 Å². The van der Waals surface area contributed by atoms with Crippen LogP contribution in [0.1, 0.15) is 25.6 Å². The summed E-state index contributed by atoms with van der Waals surface area (Å²) in [5.74, 6) is -0.836. The standard InChI is InChI=1S/C26H27Cl2FN3O9P/c1-15(23(35)38-13-16-6-4-3-5-7-16)31-42(37,41-17-8-9-18(27)19(28)12-17)39-14-20-22(34)26(2,29)24(40-20)32-11-10-21(33)30-25(32)36/h3-12,15,20,22,24,34H,13-14H2,1-2H3,(H,31,37)(H,30,33,36)/t15-,20+,22+,24+,26?,42?/m0/s1. The number of esters is 1. The number of H-pyrrole nitrogens is 1. The van der Waals surface area contributed by atoms with Crippen molar-refractivity contribution in [3.05, 3.63) is 97.2 Å². The minimum atomic E-state index is -4.49. The number of aromatic nitrogens is 2. The number of rotatable bonds is 11. The summed E-state index contributed by atoms with van der Waals surface area (Å²) in [7, 11) is -4.49. The Hall–Kier alpha value is -3.03. The third-order valence-electron chi connectivity index (χ3n) is 6.28. The van der Waals surface area contributed by atoms with Gasteiger partial charge in [-0.05, 0) is 31.5 Å². The van der Waals surface area contributed by atoms with Crippen LogP contribution in [0.15, 0.2) is 70.4 Å². The van der Waals surface area contributed by atoms with Crippen LogP contribution in [-0.4, -0.2) is 51.2 Å². The number of hydrogen-bond acceptors (Lipinski definition) is 9. The van der Waals surface area contributed by atoms with Gasteiger partial charge in [-0.15, -0.1) is 0 Å². The molecule has 0 radical (unpaired) electrons. The Labute approximate surface area is 248 Å². The minimum absolute atomic E-state index is 0.0484. The lowest BCUT2D eigenvalue weighted by Gasteiger charge is -2.25. The van der Waals surface area contributed by atoms with Crippen molar-refractivity contribution in [2.45, 2.75) is 50.6 Å². The summed E-state index contributed by atoms with van der Waals surface area (Å²) < 4.78 is 52.1. The second-order valence-corrected chi connectivity index (χ2v) is 12.1. The fourth-order valence-electron chi connectivity index (χ4n) is 4.04. The Balaban J connectivity index is 1.51. The van der Waals surface area contributed by atoms with Gasteiger partial charge in [-0.3, -0.25) is 23.7 Å². The van der Waals surface area contributed by atoms with Crippen molar-refractivity contribution in [1.82, 2.24) is 14.6 Å². The second kappa shape index (κ2) is 13.1. The van der Waals surface area contributed by atoms with E-state index in [0.29, 0.717) is 0 Å². The molecule has 1 saturated heterocycles. The third kappa shape index (κ3) is 7.48. The van der Waals surface area contributed by atoms with Crippen LogP contribution in [0.4, 0.5) is 4.39 Å². The van der Waals surface area contributed by atoms with Crippen molar-refractivity contribution < 1.29 is 37.4 Å². The lowest BCUT2D eigenvalue weighted by molar-refractivity contribution is -0.146. The number of halogens is 3. The van der Waals surface area contributed by atoms with Crippen molar-refractivity contribution in [2.24, 2.45) is 0 Å². The van der Waals surface area contributed by atoms with Crippen LogP contribution in [-0.2, 0) is 30.0 Å². The van der Waals surface area contributed by atoms with Crippen molar-refractivity contribution in [1.29, 1.82) is 0 Å². The summed E-state index contributed by atoms with van der Waals surface area (Å²) in [6.07, 6.45) is -3.98. The highest BCUT2D eigenvalue weighted by molar-refractivity contribution is 7.52. The van der Waals surface area contributed by atoms with Crippen LogP contribution in [0, 0.1) is 0 Å². The molecule has 1 fully saturated rings. The predicted octanol–water partition coefficient (Wildman–Crippen LogP) is 3.76. The maximum atomic E-state index is 15.6. The zero-order valence-electron chi connectivity index (χ0n) is 22.2. The number of alkyl halides is 1. The minimum Gasteiger partial charge on any atom is -0.460 e. The quantitative estimate of drug-likeness (QED) is 0.207. The summed E-state index contributed by atoms with van der Waals surface area (Å²) in [5.41, 5.74) is -3.49. The van der Waals surface area contributed by atoms with E-state index in [1.807, 2.05) is 4.98 Å². The normalized spacial score (nSPS) is 24.1. The van der Waals surface area contributed by atoms with E-state index in [0.717, 1.165) is 29.3 Å². The van der Waals surface area contributed by atoms with E-state index in [4.69, 9.17) is 41.7 Å². The SMILES string of the molecule is C[C@H](NP(=O)(OC[C@H]1O[C@@H](n2ccc(=O)[nH]c2=O)C(C)(F)[C@@H]1O)Oc1ccc(Cl)c(Cl)c1)C(=O)OCc1ccccc1. The number of ether oxygens (including phenoxy) is 2. The molecule has 2 aromatic carbocycles. The zero-order valence-corrected chi connectivity index (χ0v) is 24.6. The summed E-state index contributed by atoms with van der Waals surface area (Å²) in [4.78, 5) is 38.3. The highest BCUT2D eigenvalue weighted by atomic mass is 35.5. The number of aliphatic hydroxyl groups is 1. The smallest absolute Gasteiger partial charge is 0.459 e. The van der Waals surface area contributed by atoms with Crippen LogP contribution >= 0.6 is 30.9 Å². The lowest BCUT2D eigenvalue weighted by Crippen LogP contribution is -2.43. The van der Waals surface area contributed by atoms with E-state index in [9.17, 15) is 24.1 Å². The van der Waals surface area contributed by atoms with Gasteiger partial charge in [0.05, 0.1) is 16.7 Å². The fourth-order valence-corrected chi connectivity index (χ4v) is 5.82. The lowest BCUT2D eigenvalue weighted by atomic mass is 9.98. The Morgan fingerprint density at radius 1 is 1.21 bits per heavy atom. The summed E-state index contributed by atoms with van der Waals surface area (Å²) in [6.45, 7) is 1.59. The first kappa shape index (κ1) is 31.9. The number of aliphatic hydroxyl groups excluding tert-OH is 1. The average molecular weight is 646 g/mol. The molecule has 2 unspecified atom stereocenters. The molecule has 0 saturated carbocycles. The van der Waals surface area contributed by atoms with Crippen molar-refractivity contribution >= 4 is 36.9 Å². The molecule has 1 aliphatic heterocycles. The van der Waals surface area contributed by atoms with E-state index in [-0.39, 0.29) is 22.4 Å². The molecule has 16 heteroatoms. The molecule has 1 aromatic heterocycles. The molecule has 12 nitrogen and oxygen atoms in total. The van der Waals surface area contributed by atoms with Gasteiger partial charge in [-0.25, -0.2) is 13.8 Å². The van der Waals surface area contributed by atoms with Gasteiger partial charge in [-0.1, -0.05) is 53.5 Å². The molecule has 3 aromatic rings. The average Bonchev–Trinajstić information content (AvgIpc) is 3.16. The third-order valence-corrected chi connectivity index (χ3v) is 8.66. The number of hydrogen-bond donors (Lipinski definition) is 3. The maximum absolute atomic E-state index is 15.6. The Bertz CT molecular complexity index is 1590. The summed E-state index contributed by atoms with van der Waals surface area (Å²) in [6, 6.07) is 12.6. The number of aromatic amines is 1. The van der Waals surface area contributed by atoms with Crippen LogP contribution in [0.25, 0.3) is 0 Å². The van der Waals surface area contributed by atoms with Crippen LogP contribution in [0.3, 0.4) is 0 Å². The Kier molecular flexibility index (Phi) is 9.94. The molecule has 42 heavy (non-hydrogen) atoms. The molecule has 2 heterocycles. The molecular weight excluding hydrogens is 619 g/mol. The molecular formula is C26H27Cl2FN3O9P. The van der Waals surface area contributed by atoms with Gasteiger partial charge in [0.25, 0.3) is 5.56 Å². The molecule has 6 atom stereocenters. The molecule has 0 amide bonds. The monoisotopic (exact) mass is 645 g/mol. The molecule has 1 aliphatic rings. The maximum Gasteiger partial charge on any atom is 0.459 e. The molecule has 4 rings (SSSR count). The van der Waals surface area contributed by atoms with Crippen LogP contribution in [0.5, 0.6) is 5.75 Å². The first-order chi connectivity index (χ1) is 19.8. The highest BCUT2D eigenvalue weighted by Gasteiger charge is 2.56. The fraction of sp³-hybridized carbons (Fsp3) is 0.346. The molecule has 3 N–H and O–H groups in total. The van der Waals surface area contributed by atoms with E-state index >= 15 is 4.39 Å². The Morgan fingerprint density at radius 2 is 1.93 bits per heavy atom. The zero-order chi connectivity index (χ0) is 30.7. The number of carbonyl (C=O) groups is 1. The summed E-state index contributed by atoms with van der Waals surface area (Å²) >= 11 is 12.0. The highest BCUT2D eigenvalue weighted by Crippen LogP contribution is 2.48. The predicted molar refractivity (Wildman–Crippen MR) is 150 cm³/mol. The van der Waals surface area contributed by atoms with E-state index < -0.39 is 61.7 Å². The molecule has 0 aliphatic carbocycles. The van der Waals surface area contributed by atoms with E-state index in [1.54, 1.807) is 30.3 Å². The number of nitrogens with zero attached hydrogens (tertiary/aromatic N) is 1. The van der Waals surface area contributed by atoms with Gasteiger partial charge in [-0.2, -0.15) is 5.09 Å². The van der Waals surface area contributed by atoms with Gasteiger partial charge in [0.15, 0.2) is 11.9 Å². The van der Waals surface area contributed by atoms with Crippen molar-refractivity contribution in [3.8, 4) is 5.75 Å². The molecule has 0 bridgehead atoms.